The Morgan fingerprint density at radius 2 is 1.72 bits per heavy atom. The number of amides is 1. The number of carbonyl (C=O) groups is 4. The summed E-state index contributed by atoms with van der Waals surface area (Å²) in [6, 6.07) is 7.36. The Hall–Kier alpha value is -3.77. The van der Waals surface area contributed by atoms with Crippen molar-refractivity contribution >= 4 is 33.7 Å². The third-order valence-corrected chi connectivity index (χ3v) is 5.74. The van der Waals surface area contributed by atoms with Crippen LogP contribution in [0.15, 0.2) is 47.4 Å². The van der Waals surface area contributed by atoms with Gasteiger partial charge in [0.1, 0.15) is 11.3 Å². The number of carboxylic acid groups (broad SMARTS) is 2. The molecule has 32 heavy (non-hydrogen) atoms. The van der Waals surface area contributed by atoms with Crippen LogP contribution in [0.1, 0.15) is 39.6 Å². The standard InChI is InChI=1S/C20H20N2O9S/c1-11(23)16(9-18(25)26)22-19(27)13-4-2-3-12(7-13)10-21-32(30,31)14-5-6-17(24)15(8-14)20(28)29/h2-8,16,21,24H,9-10H2,1H3,(H,22,27)(H,25,26)(H,28,29). The smallest absolute Gasteiger partial charge is 0.339 e. The number of Topliss-reactive ketones (excluding diaryl/α,β-unsaturated/α-hetero) is 1. The van der Waals surface area contributed by atoms with Crippen LogP contribution >= 0.6 is 0 Å². The lowest BCUT2D eigenvalue weighted by Gasteiger charge is -2.14. The van der Waals surface area contributed by atoms with Gasteiger partial charge in [-0.3, -0.25) is 14.4 Å². The third-order valence-electron chi connectivity index (χ3n) is 4.34. The first-order valence-corrected chi connectivity index (χ1v) is 10.6. The number of carbonyl (C=O) groups excluding carboxylic acids is 2. The van der Waals surface area contributed by atoms with Crippen LogP contribution < -0.4 is 10.0 Å². The molecule has 0 saturated carbocycles. The molecule has 2 aromatic carbocycles. The summed E-state index contributed by atoms with van der Waals surface area (Å²) in [7, 11) is -4.14. The topological polar surface area (TPSA) is 187 Å². The zero-order chi connectivity index (χ0) is 24.1. The molecular formula is C20H20N2O9S. The van der Waals surface area contributed by atoms with Gasteiger partial charge < -0.3 is 20.6 Å². The van der Waals surface area contributed by atoms with Crippen molar-refractivity contribution in [2.75, 3.05) is 0 Å². The number of carboxylic acids is 2. The van der Waals surface area contributed by atoms with Crippen LogP contribution in [0.4, 0.5) is 0 Å². The Balaban J connectivity index is 2.15. The van der Waals surface area contributed by atoms with E-state index in [2.05, 4.69) is 10.0 Å². The van der Waals surface area contributed by atoms with Gasteiger partial charge in [0.15, 0.2) is 5.78 Å². The Bertz CT molecular complexity index is 1180. The van der Waals surface area contributed by atoms with Gasteiger partial charge in [0, 0.05) is 12.1 Å². The highest BCUT2D eigenvalue weighted by molar-refractivity contribution is 7.89. The maximum absolute atomic E-state index is 12.5. The Labute approximate surface area is 182 Å². The zero-order valence-corrected chi connectivity index (χ0v) is 17.5. The Morgan fingerprint density at radius 3 is 2.31 bits per heavy atom. The summed E-state index contributed by atoms with van der Waals surface area (Å²) in [5.74, 6) is -4.57. The number of ketones is 1. The average molecular weight is 464 g/mol. The lowest BCUT2D eigenvalue weighted by atomic mass is 10.1. The summed E-state index contributed by atoms with van der Waals surface area (Å²) in [6.07, 6.45) is -0.578. The molecule has 0 bridgehead atoms. The van der Waals surface area contributed by atoms with E-state index in [4.69, 9.17) is 10.2 Å². The van der Waals surface area contributed by atoms with Crippen molar-refractivity contribution in [2.45, 2.75) is 30.8 Å². The van der Waals surface area contributed by atoms with Crippen molar-refractivity contribution in [3.63, 3.8) is 0 Å². The Kier molecular flexibility index (Phi) is 7.67. The van der Waals surface area contributed by atoms with Crippen molar-refractivity contribution in [3.8, 4) is 5.75 Å². The average Bonchev–Trinajstić information content (AvgIpc) is 2.71. The fourth-order valence-corrected chi connectivity index (χ4v) is 3.69. The van der Waals surface area contributed by atoms with Crippen molar-refractivity contribution in [1.82, 2.24) is 10.0 Å². The van der Waals surface area contributed by atoms with Gasteiger partial charge in [-0.15, -0.1) is 0 Å². The SMILES string of the molecule is CC(=O)C(CC(=O)O)NC(=O)c1cccc(CNS(=O)(=O)c2ccc(O)c(C(=O)O)c2)c1. The number of benzene rings is 2. The molecule has 11 nitrogen and oxygen atoms in total. The van der Waals surface area contributed by atoms with Crippen molar-refractivity contribution < 1.29 is 42.9 Å². The summed E-state index contributed by atoms with van der Waals surface area (Å²) in [6.45, 7) is 0.899. The van der Waals surface area contributed by atoms with Gasteiger partial charge in [-0.25, -0.2) is 17.9 Å². The molecule has 0 spiro atoms. The number of hydrogen-bond donors (Lipinski definition) is 5. The predicted molar refractivity (Wildman–Crippen MR) is 110 cm³/mol. The van der Waals surface area contributed by atoms with Crippen LogP contribution in [0.25, 0.3) is 0 Å². The van der Waals surface area contributed by atoms with Gasteiger partial charge >= 0.3 is 11.9 Å². The molecular weight excluding hydrogens is 444 g/mol. The highest BCUT2D eigenvalue weighted by atomic mass is 32.2. The van der Waals surface area contributed by atoms with Gasteiger partial charge in [-0.2, -0.15) is 0 Å². The van der Waals surface area contributed by atoms with E-state index in [0.717, 1.165) is 25.1 Å². The van der Waals surface area contributed by atoms with Crippen molar-refractivity contribution in [2.24, 2.45) is 0 Å². The van der Waals surface area contributed by atoms with Crippen LogP contribution in [0.3, 0.4) is 0 Å². The molecule has 0 aliphatic heterocycles. The van der Waals surface area contributed by atoms with Crippen LogP contribution in [0.5, 0.6) is 5.75 Å². The monoisotopic (exact) mass is 464 g/mol. The van der Waals surface area contributed by atoms with Crippen molar-refractivity contribution in [1.29, 1.82) is 0 Å². The second kappa shape index (κ2) is 10.0. The van der Waals surface area contributed by atoms with E-state index in [9.17, 15) is 32.7 Å². The van der Waals surface area contributed by atoms with E-state index in [1.165, 1.54) is 24.3 Å². The van der Waals surface area contributed by atoms with Gasteiger partial charge in [0.25, 0.3) is 5.91 Å². The van der Waals surface area contributed by atoms with Gasteiger partial charge in [0.2, 0.25) is 10.0 Å². The lowest BCUT2D eigenvalue weighted by molar-refractivity contribution is -0.139. The molecule has 1 atom stereocenters. The maximum Gasteiger partial charge on any atom is 0.339 e. The highest BCUT2D eigenvalue weighted by Crippen LogP contribution is 2.21. The summed E-state index contributed by atoms with van der Waals surface area (Å²) >= 11 is 0. The molecule has 0 fully saturated rings. The number of phenols is 1. The fourth-order valence-electron chi connectivity index (χ4n) is 2.65. The molecule has 1 unspecified atom stereocenters. The molecule has 0 saturated heterocycles. The van der Waals surface area contributed by atoms with Crippen LogP contribution in [0, 0.1) is 0 Å². The molecule has 12 heteroatoms. The lowest BCUT2D eigenvalue weighted by Crippen LogP contribution is -2.41. The molecule has 1 amide bonds. The number of aromatic carboxylic acids is 1. The molecule has 5 N–H and O–H groups in total. The molecule has 0 aliphatic carbocycles. The molecule has 0 aliphatic rings. The van der Waals surface area contributed by atoms with Gasteiger partial charge in [-0.1, -0.05) is 12.1 Å². The van der Waals surface area contributed by atoms with Crippen molar-refractivity contribution in [3.05, 3.63) is 59.2 Å². The number of aliphatic carboxylic acids is 1. The van der Waals surface area contributed by atoms with Gasteiger partial charge in [0.05, 0.1) is 17.4 Å². The highest BCUT2D eigenvalue weighted by Gasteiger charge is 2.22. The van der Waals surface area contributed by atoms with Crippen LogP contribution in [-0.4, -0.2) is 53.4 Å². The number of hydrogen-bond acceptors (Lipinski definition) is 7. The summed E-state index contributed by atoms with van der Waals surface area (Å²) < 4.78 is 27.2. The molecule has 170 valence electrons. The van der Waals surface area contributed by atoms with Crippen LogP contribution in [0.2, 0.25) is 0 Å². The van der Waals surface area contributed by atoms with E-state index in [1.807, 2.05) is 0 Å². The third kappa shape index (κ3) is 6.36. The first-order chi connectivity index (χ1) is 14.9. The van der Waals surface area contributed by atoms with E-state index in [0.29, 0.717) is 5.56 Å². The molecule has 0 radical (unpaired) electrons. The van der Waals surface area contributed by atoms with E-state index in [1.54, 1.807) is 0 Å². The minimum Gasteiger partial charge on any atom is -0.507 e. The number of nitrogens with one attached hydrogen (secondary N) is 2. The van der Waals surface area contributed by atoms with Crippen LogP contribution in [-0.2, 0) is 26.2 Å². The van der Waals surface area contributed by atoms with Gasteiger partial charge in [-0.05, 0) is 42.8 Å². The first kappa shape index (κ1) is 24.5. The number of rotatable bonds is 10. The number of sulfonamides is 1. The molecule has 2 aromatic rings. The first-order valence-electron chi connectivity index (χ1n) is 9.08. The summed E-state index contributed by atoms with van der Waals surface area (Å²) in [5, 5.41) is 29.7. The minimum atomic E-state index is -4.14. The van der Waals surface area contributed by atoms with E-state index < -0.39 is 57.4 Å². The number of aromatic hydroxyl groups is 1. The molecule has 0 aromatic heterocycles. The second-order valence-corrected chi connectivity index (χ2v) is 8.51. The summed E-state index contributed by atoms with van der Waals surface area (Å²) in [4.78, 5) is 45.5. The fraction of sp³-hybridized carbons (Fsp3) is 0.200. The zero-order valence-electron chi connectivity index (χ0n) is 16.7. The maximum atomic E-state index is 12.5. The quantitative estimate of drug-likeness (QED) is 0.338. The normalized spacial score (nSPS) is 12.0. The Morgan fingerprint density at radius 1 is 1.03 bits per heavy atom. The predicted octanol–water partition coefficient (Wildman–Crippen LogP) is 0.731. The minimum absolute atomic E-state index is 0.0798. The largest absolute Gasteiger partial charge is 0.507 e. The van der Waals surface area contributed by atoms with E-state index >= 15 is 0 Å². The molecule has 0 heterocycles. The molecule has 2 rings (SSSR count). The van der Waals surface area contributed by atoms with E-state index in [-0.39, 0.29) is 17.0 Å². The summed E-state index contributed by atoms with van der Waals surface area (Å²) in [5.41, 5.74) is -0.125. The second-order valence-electron chi connectivity index (χ2n) is 6.74.